The van der Waals surface area contributed by atoms with Crippen molar-refractivity contribution in [3.63, 3.8) is 0 Å². The second-order valence-electron chi connectivity index (χ2n) is 5.23. The van der Waals surface area contributed by atoms with E-state index in [4.69, 9.17) is 0 Å². The van der Waals surface area contributed by atoms with Crippen molar-refractivity contribution in [2.75, 3.05) is 6.54 Å². The highest BCUT2D eigenvalue weighted by Crippen LogP contribution is 2.05. The topological polar surface area (TPSA) is 70.2 Å². The molecule has 0 spiro atoms. The van der Waals surface area contributed by atoms with E-state index in [1.165, 1.54) is 0 Å². The number of carbonyl (C=O) groups excluding carboxylic acids is 2. The van der Waals surface area contributed by atoms with E-state index in [0.717, 1.165) is 16.7 Å². The Morgan fingerprint density at radius 1 is 0.826 bits per heavy atom. The molecule has 5 heteroatoms. The van der Waals surface area contributed by atoms with Gasteiger partial charge in [-0.2, -0.15) is 0 Å². The maximum atomic E-state index is 11.8. The van der Waals surface area contributed by atoms with Crippen molar-refractivity contribution in [3.05, 3.63) is 71.3 Å². The molecule has 2 aromatic rings. The summed E-state index contributed by atoms with van der Waals surface area (Å²) < 4.78 is 0. The molecule has 0 saturated heterocycles. The first-order valence-electron chi connectivity index (χ1n) is 7.52. The van der Waals surface area contributed by atoms with Crippen LogP contribution in [0.4, 0.5) is 4.79 Å². The van der Waals surface area contributed by atoms with Crippen molar-refractivity contribution in [1.82, 2.24) is 16.0 Å². The molecule has 5 nitrogen and oxygen atoms in total. The molecular formula is C18H21N3O2. The maximum absolute atomic E-state index is 11.8. The number of nitrogens with one attached hydrogen (secondary N) is 3. The second-order valence-corrected chi connectivity index (χ2v) is 5.23. The van der Waals surface area contributed by atoms with E-state index in [9.17, 15) is 9.59 Å². The fraction of sp³-hybridized carbons (Fsp3) is 0.222. The summed E-state index contributed by atoms with van der Waals surface area (Å²) in [6.07, 6.45) is 0. The Labute approximate surface area is 136 Å². The lowest BCUT2D eigenvalue weighted by Gasteiger charge is -2.09. The van der Waals surface area contributed by atoms with Gasteiger partial charge >= 0.3 is 6.03 Å². The number of hydrogen-bond donors (Lipinski definition) is 3. The zero-order valence-electron chi connectivity index (χ0n) is 13.1. The molecule has 3 amide bonds. The Balaban J connectivity index is 1.66. The highest BCUT2D eigenvalue weighted by atomic mass is 16.2. The van der Waals surface area contributed by atoms with Crippen molar-refractivity contribution in [2.45, 2.75) is 20.0 Å². The predicted octanol–water partition coefficient (Wildman–Crippen LogP) is 2.11. The largest absolute Gasteiger partial charge is 0.350 e. The van der Waals surface area contributed by atoms with Gasteiger partial charge in [0.1, 0.15) is 0 Å². The lowest BCUT2D eigenvalue weighted by molar-refractivity contribution is -0.120. The number of urea groups is 1. The molecule has 120 valence electrons. The van der Waals surface area contributed by atoms with E-state index in [1.807, 2.05) is 61.5 Å². The minimum absolute atomic E-state index is 0.0491. The van der Waals surface area contributed by atoms with Gasteiger partial charge in [0.15, 0.2) is 0 Å². The summed E-state index contributed by atoms with van der Waals surface area (Å²) in [5.74, 6) is -0.219. The lowest BCUT2D eigenvalue weighted by Crippen LogP contribution is -2.41. The van der Waals surface area contributed by atoms with E-state index < -0.39 is 0 Å². The molecule has 23 heavy (non-hydrogen) atoms. The smallest absolute Gasteiger partial charge is 0.315 e. The number of rotatable bonds is 6. The number of aryl methyl sites for hydroxylation is 1. The number of hydrogen-bond acceptors (Lipinski definition) is 2. The number of carbonyl (C=O) groups is 2. The summed E-state index contributed by atoms with van der Waals surface area (Å²) in [5.41, 5.74) is 3.20. The van der Waals surface area contributed by atoms with Crippen LogP contribution in [0.2, 0.25) is 0 Å². The van der Waals surface area contributed by atoms with Crippen LogP contribution in [0.3, 0.4) is 0 Å². The molecule has 0 atom stereocenters. The summed E-state index contributed by atoms with van der Waals surface area (Å²) in [6, 6.07) is 17.1. The van der Waals surface area contributed by atoms with Crippen molar-refractivity contribution >= 4 is 11.9 Å². The van der Waals surface area contributed by atoms with Gasteiger partial charge in [0, 0.05) is 13.1 Å². The predicted molar refractivity (Wildman–Crippen MR) is 89.7 cm³/mol. The fourth-order valence-corrected chi connectivity index (χ4v) is 2.07. The van der Waals surface area contributed by atoms with Crippen molar-refractivity contribution in [1.29, 1.82) is 0 Å². The SMILES string of the molecule is Cc1ccccc1CNC(=O)CNC(=O)NCc1ccccc1. The minimum atomic E-state index is -0.361. The molecule has 0 aliphatic heterocycles. The highest BCUT2D eigenvalue weighted by molar-refractivity contribution is 5.83. The van der Waals surface area contributed by atoms with Gasteiger partial charge in [0.05, 0.1) is 6.54 Å². The van der Waals surface area contributed by atoms with Gasteiger partial charge in [-0.25, -0.2) is 4.79 Å². The monoisotopic (exact) mass is 311 g/mol. The van der Waals surface area contributed by atoms with E-state index >= 15 is 0 Å². The molecule has 0 aromatic heterocycles. The number of benzene rings is 2. The molecule has 2 rings (SSSR count). The normalized spacial score (nSPS) is 9.96. The second kappa shape index (κ2) is 8.58. The van der Waals surface area contributed by atoms with Crippen LogP contribution in [0.15, 0.2) is 54.6 Å². The molecule has 3 N–H and O–H groups in total. The molecule has 2 aromatic carbocycles. The van der Waals surface area contributed by atoms with Crippen molar-refractivity contribution in [2.24, 2.45) is 0 Å². The lowest BCUT2D eigenvalue weighted by atomic mass is 10.1. The zero-order chi connectivity index (χ0) is 16.5. The van der Waals surface area contributed by atoms with Crippen LogP contribution in [-0.2, 0) is 17.9 Å². The van der Waals surface area contributed by atoms with Gasteiger partial charge < -0.3 is 16.0 Å². The molecule has 0 heterocycles. The third kappa shape index (κ3) is 5.82. The average molecular weight is 311 g/mol. The van der Waals surface area contributed by atoms with Gasteiger partial charge in [-0.15, -0.1) is 0 Å². The Morgan fingerprint density at radius 2 is 1.52 bits per heavy atom. The van der Waals surface area contributed by atoms with Crippen LogP contribution < -0.4 is 16.0 Å². The molecule has 0 bridgehead atoms. The van der Waals surface area contributed by atoms with Crippen LogP contribution >= 0.6 is 0 Å². The van der Waals surface area contributed by atoms with Gasteiger partial charge in [-0.3, -0.25) is 4.79 Å². The first kappa shape index (κ1) is 16.5. The van der Waals surface area contributed by atoms with Gasteiger partial charge in [-0.05, 0) is 23.6 Å². The van der Waals surface area contributed by atoms with Crippen LogP contribution in [0, 0.1) is 6.92 Å². The third-order valence-electron chi connectivity index (χ3n) is 3.44. The fourth-order valence-electron chi connectivity index (χ4n) is 2.07. The van der Waals surface area contributed by atoms with Crippen LogP contribution in [-0.4, -0.2) is 18.5 Å². The van der Waals surface area contributed by atoms with Gasteiger partial charge in [0.25, 0.3) is 0 Å². The maximum Gasteiger partial charge on any atom is 0.315 e. The molecule has 0 aliphatic carbocycles. The summed E-state index contributed by atoms with van der Waals surface area (Å²) in [5, 5.41) is 8.04. The van der Waals surface area contributed by atoms with E-state index in [-0.39, 0.29) is 18.5 Å². The average Bonchev–Trinajstić information content (AvgIpc) is 2.58. The van der Waals surface area contributed by atoms with E-state index in [2.05, 4.69) is 16.0 Å². The Kier molecular flexibility index (Phi) is 6.17. The Hall–Kier alpha value is -2.82. The van der Waals surface area contributed by atoms with Crippen LogP contribution in [0.5, 0.6) is 0 Å². The summed E-state index contributed by atoms with van der Waals surface area (Å²) in [6.45, 7) is 2.83. The van der Waals surface area contributed by atoms with E-state index in [0.29, 0.717) is 13.1 Å². The van der Waals surface area contributed by atoms with Crippen LogP contribution in [0.1, 0.15) is 16.7 Å². The van der Waals surface area contributed by atoms with Crippen molar-refractivity contribution < 1.29 is 9.59 Å². The van der Waals surface area contributed by atoms with Gasteiger partial charge in [-0.1, -0.05) is 54.6 Å². The zero-order valence-corrected chi connectivity index (χ0v) is 13.1. The summed E-state index contributed by atoms with van der Waals surface area (Å²) >= 11 is 0. The van der Waals surface area contributed by atoms with Crippen molar-refractivity contribution in [3.8, 4) is 0 Å². The van der Waals surface area contributed by atoms with Crippen LogP contribution in [0.25, 0.3) is 0 Å². The quantitative estimate of drug-likeness (QED) is 0.764. The minimum Gasteiger partial charge on any atom is -0.350 e. The Bertz CT molecular complexity index is 656. The Morgan fingerprint density at radius 3 is 2.26 bits per heavy atom. The molecule has 0 aliphatic rings. The third-order valence-corrected chi connectivity index (χ3v) is 3.44. The van der Waals surface area contributed by atoms with Gasteiger partial charge in [0.2, 0.25) is 5.91 Å². The first-order chi connectivity index (χ1) is 11.1. The molecular weight excluding hydrogens is 290 g/mol. The summed E-state index contributed by atoms with van der Waals surface area (Å²) in [7, 11) is 0. The molecule has 0 saturated carbocycles. The number of amides is 3. The molecule has 0 unspecified atom stereocenters. The highest BCUT2D eigenvalue weighted by Gasteiger charge is 2.05. The standard InChI is InChI=1S/C18H21N3O2/c1-14-7-5-6-10-16(14)12-19-17(22)13-21-18(23)20-11-15-8-3-2-4-9-15/h2-10H,11-13H2,1H3,(H,19,22)(H2,20,21,23). The first-order valence-corrected chi connectivity index (χ1v) is 7.52. The molecule has 0 fully saturated rings. The molecule has 0 radical (unpaired) electrons. The summed E-state index contributed by atoms with van der Waals surface area (Å²) in [4.78, 5) is 23.4. The van der Waals surface area contributed by atoms with E-state index in [1.54, 1.807) is 0 Å².